The van der Waals surface area contributed by atoms with Crippen LogP contribution in [-0.4, -0.2) is 39.2 Å². The minimum atomic E-state index is -1.77. The van der Waals surface area contributed by atoms with E-state index in [1.807, 2.05) is 53.1 Å². The molecule has 3 amide bonds. The Bertz CT molecular complexity index is 1360. The minimum absolute atomic E-state index is 0.135. The highest BCUT2D eigenvalue weighted by Crippen LogP contribution is 2.32. The zero-order valence-electron chi connectivity index (χ0n) is 17.8. The molecule has 2 heterocycles. The number of rotatable bonds is 5. The number of benzene rings is 3. The number of imide groups is 1. The van der Waals surface area contributed by atoms with E-state index in [0.717, 1.165) is 44.9 Å². The number of fused-ring (bicyclic) bond motifs is 3. The molecule has 4 aromatic rings. The van der Waals surface area contributed by atoms with Crippen molar-refractivity contribution in [3.8, 4) is 0 Å². The molecule has 6 nitrogen and oxygen atoms in total. The fraction of sp³-hybridized carbons (Fsp3) is 0.200. The third-order valence-corrected chi connectivity index (χ3v) is 6.21. The van der Waals surface area contributed by atoms with Crippen LogP contribution >= 0.6 is 0 Å². The van der Waals surface area contributed by atoms with Crippen LogP contribution in [0.2, 0.25) is 0 Å². The molecule has 1 aromatic heterocycles. The summed E-state index contributed by atoms with van der Waals surface area (Å²) in [4.78, 5) is 26.5. The number of nitrogens with zero attached hydrogens (tertiary/aromatic N) is 2. The van der Waals surface area contributed by atoms with Gasteiger partial charge in [-0.3, -0.25) is 9.69 Å². The number of nitrogens with one attached hydrogen (secondary N) is 1. The first-order valence-electron chi connectivity index (χ1n) is 10.5. The first-order chi connectivity index (χ1) is 15.8. The molecule has 2 N–H and O–H groups in total. The SMILES string of the molecule is C[C@@]1(c2cc(F)ccc2F)NC(=O)N(C[C@H](O)Cn2c3ccccc3c3ccccc32)C1=O. The third kappa shape index (κ3) is 3.34. The third-order valence-electron chi connectivity index (χ3n) is 6.21. The summed E-state index contributed by atoms with van der Waals surface area (Å²) in [5, 5.41) is 15.4. The van der Waals surface area contributed by atoms with Gasteiger partial charge in [-0.1, -0.05) is 36.4 Å². The van der Waals surface area contributed by atoms with Gasteiger partial charge in [-0.05, 0) is 37.3 Å². The van der Waals surface area contributed by atoms with Crippen LogP contribution in [0.15, 0.2) is 66.7 Å². The molecule has 1 aliphatic heterocycles. The number of aliphatic hydroxyl groups is 1. The van der Waals surface area contributed by atoms with Gasteiger partial charge in [0, 0.05) is 27.4 Å². The smallest absolute Gasteiger partial charge is 0.325 e. The molecule has 33 heavy (non-hydrogen) atoms. The summed E-state index contributed by atoms with van der Waals surface area (Å²) in [7, 11) is 0. The Kier molecular flexibility index (Phi) is 4.90. The lowest BCUT2D eigenvalue weighted by molar-refractivity contribution is -0.132. The quantitative estimate of drug-likeness (QED) is 0.454. The van der Waals surface area contributed by atoms with Gasteiger partial charge in [0.15, 0.2) is 0 Å². The molecule has 1 aliphatic rings. The van der Waals surface area contributed by atoms with Crippen LogP contribution in [0.25, 0.3) is 21.8 Å². The monoisotopic (exact) mass is 449 g/mol. The van der Waals surface area contributed by atoms with E-state index in [2.05, 4.69) is 5.32 Å². The van der Waals surface area contributed by atoms with E-state index in [0.29, 0.717) is 0 Å². The van der Waals surface area contributed by atoms with Crippen LogP contribution in [0.3, 0.4) is 0 Å². The van der Waals surface area contributed by atoms with Gasteiger partial charge in [-0.15, -0.1) is 0 Å². The van der Waals surface area contributed by atoms with Crippen LogP contribution in [0.4, 0.5) is 13.6 Å². The summed E-state index contributed by atoms with van der Waals surface area (Å²) in [6, 6.07) is 17.5. The second-order valence-electron chi connectivity index (χ2n) is 8.39. The van der Waals surface area contributed by atoms with Crippen molar-refractivity contribution < 1.29 is 23.5 Å². The van der Waals surface area contributed by atoms with E-state index in [9.17, 15) is 23.5 Å². The minimum Gasteiger partial charge on any atom is -0.389 e. The predicted octanol–water partition coefficient (Wildman–Crippen LogP) is 3.90. The molecule has 2 atom stereocenters. The lowest BCUT2D eigenvalue weighted by atomic mass is 9.91. The highest BCUT2D eigenvalue weighted by atomic mass is 19.1. The highest BCUT2D eigenvalue weighted by Gasteiger charge is 2.50. The lowest BCUT2D eigenvalue weighted by Gasteiger charge is -2.24. The molecule has 0 radical (unpaired) electrons. The number of halogens is 2. The van der Waals surface area contributed by atoms with Gasteiger partial charge in [0.1, 0.15) is 17.2 Å². The lowest BCUT2D eigenvalue weighted by Crippen LogP contribution is -2.43. The maximum Gasteiger partial charge on any atom is 0.325 e. The maximum atomic E-state index is 14.4. The molecule has 0 saturated carbocycles. The number of carbonyl (C=O) groups excluding carboxylic acids is 2. The van der Waals surface area contributed by atoms with Crippen LogP contribution in [0, 0.1) is 11.6 Å². The largest absolute Gasteiger partial charge is 0.389 e. The topological polar surface area (TPSA) is 74.6 Å². The number of hydrogen-bond donors (Lipinski definition) is 2. The fourth-order valence-corrected chi connectivity index (χ4v) is 4.61. The van der Waals surface area contributed by atoms with E-state index >= 15 is 0 Å². The number of aliphatic hydroxyl groups excluding tert-OH is 1. The van der Waals surface area contributed by atoms with Crippen molar-refractivity contribution >= 4 is 33.7 Å². The summed E-state index contributed by atoms with van der Waals surface area (Å²) < 4.78 is 30.0. The Balaban J connectivity index is 1.43. The van der Waals surface area contributed by atoms with E-state index in [1.54, 1.807) is 0 Å². The van der Waals surface area contributed by atoms with Gasteiger partial charge in [0.05, 0.1) is 19.2 Å². The number of para-hydroxylation sites is 2. The Labute approximate surface area is 188 Å². The molecule has 8 heteroatoms. The molecule has 5 rings (SSSR count). The van der Waals surface area contributed by atoms with Crippen molar-refractivity contribution in [2.24, 2.45) is 0 Å². The molecule has 0 bridgehead atoms. The normalized spacial score (nSPS) is 19.5. The molecular formula is C25H21F2N3O3. The summed E-state index contributed by atoms with van der Waals surface area (Å²) >= 11 is 0. The number of aromatic nitrogens is 1. The number of hydrogen-bond acceptors (Lipinski definition) is 3. The van der Waals surface area contributed by atoms with Crippen LogP contribution in [0.5, 0.6) is 0 Å². The van der Waals surface area contributed by atoms with Crippen LogP contribution in [-0.2, 0) is 16.9 Å². The van der Waals surface area contributed by atoms with Crippen molar-refractivity contribution in [3.05, 3.63) is 83.9 Å². The first-order valence-corrected chi connectivity index (χ1v) is 10.5. The van der Waals surface area contributed by atoms with Gasteiger partial charge in [-0.2, -0.15) is 0 Å². The van der Waals surface area contributed by atoms with Gasteiger partial charge < -0.3 is 15.0 Å². The highest BCUT2D eigenvalue weighted by molar-refractivity contribution is 6.08. The van der Waals surface area contributed by atoms with Crippen molar-refractivity contribution in [2.75, 3.05) is 6.54 Å². The Morgan fingerprint density at radius 1 is 0.939 bits per heavy atom. The molecule has 0 aliphatic carbocycles. The van der Waals surface area contributed by atoms with Crippen molar-refractivity contribution in [1.82, 2.24) is 14.8 Å². The van der Waals surface area contributed by atoms with Crippen LogP contribution in [0.1, 0.15) is 12.5 Å². The first kappa shape index (κ1) is 21.1. The molecule has 3 aromatic carbocycles. The molecule has 1 fully saturated rings. The fourth-order valence-electron chi connectivity index (χ4n) is 4.61. The molecular weight excluding hydrogens is 428 g/mol. The van der Waals surface area contributed by atoms with E-state index in [4.69, 9.17) is 0 Å². The molecule has 0 unspecified atom stereocenters. The van der Waals surface area contributed by atoms with Gasteiger partial charge in [-0.25, -0.2) is 13.6 Å². The summed E-state index contributed by atoms with van der Waals surface area (Å²) in [5.74, 6) is -2.28. The molecule has 168 valence electrons. The van der Waals surface area contributed by atoms with Crippen molar-refractivity contribution in [1.29, 1.82) is 0 Å². The number of carbonyl (C=O) groups is 2. The summed E-state index contributed by atoms with van der Waals surface area (Å²) in [6.07, 6.45) is -1.08. The van der Waals surface area contributed by atoms with E-state index < -0.39 is 35.2 Å². The Morgan fingerprint density at radius 2 is 1.55 bits per heavy atom. The zero-order chi connectivity index (χ0) is 23.3. The van der Waals surface area contributed by atoms with Gasteiger partial charge >= 0.3 is 6.03 Å². The number of urea groups is 1. The maximum absolute atomic E-state index is 14.4. The van der Waals surface area contributed by atoms with Gasteiger partial charge in [0.25, 0.3) is 5.91 Å². The number of amides is 3. The predicted molar refractivity (Wildman–Crippen MR) is 119 cm³/mol. The summed E-state index contributed by atoms with van der Waals surface area (Å²) in [6.45, 7) is 1.17. The average molecular weight is 449 g/mol. The van der Waals surface area contributed by atoms with Gasteiger partial charge in [0.2, 0.25) is 0 Å². The number of β-amino-alcohol motifs (C(OH)–C–C–N with tert-alkyl or cyclic N) is 1. The van der Waals surface area contributed by atoms with Crippen molar-refractivity contribution in [2.45, 2.75) is 25.1 Å². The average Bonchev–Trinajstić information content (AvgIpc) is 3.23. The van der Waals surface area contributed by atoms with E-state index in [1.165, 1.54) is 6.92 Å². The summed E-state index contributed by atoms with van der Waals surface area (Å²) in [5.41, 5.74) is -0.195. The van der Waals surface area contributed by atoms with Crippen LogP contribution < -0.4 is 5.32 Å². The van der Waals surface area contributed by atoms with Crippen molar-refractivity contribution in [3.63, 3.8) is 0 Å². The second kappa shape index (κ2) is 7.67. The Hall–Kier alpha value is -3.78. The molecule has 1 saturated heterocycles. The van der Waals surface area contributed by atoms with E-state index in [-0.39, 0.29) is 18.7 Å². The molecule has 0 spiro atoms. The zero-order valence-corrected chi connectivity index (χ0v) is 17.8. The Morgan fingerprint density at radius 3 is 2.18 bits per heavy atom. The standard InChI is InChI=1S/C25H21F2N3O3/c1-25(19-12-15(26)10-11-20(19)27)23(32)30(24(33)28-25)14-16(31)13-29-21-8-4-2-6-17(21)18-7-3-5-9-22(18)29/h2-12,16,31H,13-14H2,1H3,(H,28,33)/t16-,25+/m1/s1. The second-order valence-corrected chi connectivity index (χ2v) is 8.39.